The molecule has 0 aliphatic heterocycles. The molecule has 0 aromatic rings. The molecule has 0 N–H and O–H groups in total. The number of hydrogen-bond acceptors (Lipinski definition) is 2. The van der Waals surface area contributed by atoms with Crippen LogP contribution in [0, 0.1) is 0 Å². The highest BCUT2D eigenvalue weighted by Gasteiger charge is 2.15. The van der Waals surface area contributed by atoms with Gasteiger partial charge < -0.3 is 9.22 Å². The zero-order valence-corrected chi connectivity index (χ0v) is 9.75. The van der Waals surface area contributed by atoms with Crippen molar-refractivity contribution in [3.8, 4) is 0 Å². The molecule has 0 spiro atoms. The first-order valence-electron chi connectivity index (χ1n) is 5.06. The van der Waals surface area contributed by atoms with E-state index in [1.54, 1.807) is 0 Å². The summed E-state index contributed by atoms with van der Waals surface area (Å²) in [5.41, 5.74) is 0. The summed E-state index contributed by atoms with van der Waals surface area (Å²) in [7, 11) is 4.34. The third kappa shape index (κ3) is 5.75. The zero-order chi connectivity index (χ0) is 11.2. The van der Waals surface area contributed by atoms with Crippen LogP contribution >= 0.6 is 0 Å². The van der Waals surface area contributed by atoms with E-state index in [2.05, 4.69) is 27.6 Å². The van der Waals surface area contributed by atoms with E-state index in [4.69, 9.17) is 4.74 Å². The number of hydrogen-bond donors (Lipinski definition) is 0. The second-order valence-electron chi connectivity index (χ2n) is 4.22. The van der Waals surface area contributed by atoms with Crippen molar-refractivity contribution in [3.63, 3.8) is 0 Å². The summed E-state index contributed by atoms with van der Waals surface area (Å²) < 4.78 is 6.03. The number of nitrogens with zero attached hydrogens (tertiary/aromatic N) is 1. The van der Waals surface area contributed by atoms with Crippen molar-refractivity contribution < 1.29 is 14.0 Å². The van der Waals surface area contributed by atoms with E-state index in [0.717, 1.165) is 24.0 Å². The first-order chi connectivity index (χ1) is 6.41. The van der Waals surface area contributed by atoms with Crippen LogP contribution in [0.2, 0.25) is 0 Å². The fourth-order valence-corrected chi connectivity index (χ4v) is 0.995. The second-order valence-corrected chi connectivity index (χ2v) is 4.22. The van der Waals surface area contributed by atoms with E-state index in [1.165, 1.54) is 6.08 Å². The summed E-state index contributed by atoms with van der Waals surface area (Å²) >= 11 is 0. The number of carbonyl (C=O) groups excluding carboxylic acids is 1. The third-order valence-electron chi connectivity index (χ3n) is 2.48. The van der Waals surface area contributed by atoms with Crippen LogP contribution in [-0.4, -0.2) is 43.7 Å². The van der Waals surface area contributed by atoms with Crippen molar-refractivity contribution in [3.05, 3.63) is 12.7 Å². The Bertz CT molecular complexity index is 199. The molecule has 1 atom stereocenters. The van der Waals surface area contributed by atoms with Gasteiger partial charge in [-0.3, -0.25) is 0 Å². The van der Waals surface area contributed by atoms with Gasteiger partial charge in [0.2, 0.25) is 0 Å². The van der Waals surface area contributed by atoms with Gasteiger partial charge >= 0.3 is 5.97 Å². The zero-order valence-electron chi connectivity index (χ0n) is 9.75. The average molecular weight is 200 g/mol. The van der Waals surface area contributed by atoms with Gasteiger partial charge in [-0.1, -0.05) is 6.58 Å². The standard InChI is InChI=1S/C11H22NO2/c1-6-11(13)14-10(3)8-9-12(4,5)7-2/h6,10H,1,7-9H2,2-5H3/q+1. The average Bonchev–Trinajstić information content (AvgIpc) is 2.15. The molecule has 1 unspecified atom stereocenters. The van der Waals surface area contributed by atoms with Crippen LogP contribution in [0.3, 0.4) is 0 Å². The van der Waals surface area contributed by atoms with Gasteiger partial charge in [0.25, 0.3) is 0 Å². The van der Waals surface area contributed by atoms with Gasteiger partial charge in [-0.05, 0) is 13.8 Å². The van der Waals surface area contributed by atoms with Crippen molar-refractivity contribution in [1.82, 2.24) is 0 Å². The summed E-state index contributed by atoms with van der Waals surface area (Å²) in [4.78, 5) is 10.9. The summed E-state index contributed by atoms with van der Waals surface area (Å²) in [6.45, 7) is 9.53. The molecule has 0 rings (SSSR count). The fraction of sp³-hybridized carbons (Fsp3) is 0.727. The number of quaternary nitrogens is 1. The maximum Gasteiger partial charge on any atom is 0.330 e. The van der Waals surface area contributed by atoms with Gasteiger partial charge in [0.15, 0.2) is 0 Å². The molecule has 0 aliphatic rings. The Kier molecular flexibility index (Phi) is 5.46. The summed E-state index contributed by atoms with van der Waals surface area (Å²) in [6.07, 6.45) is 2.07. The number of rotatable bonds is 6. The lowest BCUT2D eigenvalue weighted by Crippen LogP contribution is -2.41. The monoisotopic (exact) mass is 200 g/mol. The van der Waals surface area contributed by atoms with E-state index in [1.807, 2.05) is 6.92 Å². The maximum atomic E-state index is 10.9. The van der Waals surface area contributed by atoms with Crippen LogP contribution in [0.1, 0.15) is 20.3 Å². The Morgan fingerprint density at radius 3 is 2.57 bits per heavy atom. The topological polar surface area (TPSA) is 26.3 Å². The van der Waals surface area contributed by atoms with E-state index in [0.29, 0.717) is 0 Å². The minimum absolute atomic E-state index is 0.0237. The predicted molar refractivity (Wildman–Crippen MR) is 57.9 cm³/mol. The van der Waals surface area contributed by atoms with Gasteiger partial charge in [0.1, 0.15) is 6.10 Å². The molecule has 0 saturated carbocycles. The quantitative estimate of drug-likeness (QED) is 0.370. The first kappa shape index (κ1) is 13.2. The first-order valence-corrected chi connectivity index (χ1v) is 5.06. The van der Waals surface area contributed by atoms with Crippen LogP contribution in [-0.2, 0) is 9.53 Å². The minimum atomic E-state index is -0.334. The highest BCUT2D eigenvalue weighted by atomic mass is 16.5. The van der Waals surface area contributed by atoms with Crippen LogP contribution < -0.4 is 0 Å². The normalized spacial score (nSPS) is 13.4. The van der Waals surface area contributed by atoms with Crippen LogP contribution in [0.15, 0.2) is 12.7 Å². The van der Waals surface area contributed by atoms with Gasteiger partial charge in [-0.15, -0.1) is 0 Å². The highest BCUT2D eigenvalue weighted by Crippen LogP contribution is 2.04. The molecule has 0 heterocycles. The summed E-state index contributed by atoms with van der Waals surface area (Å²) in [5, 5.41) is 0. The lowest BCUT2D eigenvalue weighted by Gasteiger charge is -2.29. The Balaban J connectivity index is 3.79. The Morgan fingerprint density at radius 2 is 2.14 bits per heavy atom. The molecule has 3 heteroatoms. The molecule has 0 radical (unpaired) electrons. The van der Waals surface area contributed by atoms with Crippen LogP contribution in [0.25, 0.3) is 0 Å². The summed E-state index contributed by atoms with van der Waals surface area (Å²) in [6, 6.07) is 0. The molecular formula is C11H22NO2+. The highest BCUT2D eigenvalue weighted by molar-refractivity contribution is 5.81. The number of esters is 1. The Labute approximate surface area is 86.9 Å². The van der Waals surface area contributed by atoms with Gasteiger partial charge in [-0.25, -0.2) is 4.79 Å². The molecule has 0 aromatic heterocycles. The SMILES string of the molecule is C=CC(=O)OC(C)CC[N+](C)(C)CC. The summed E-state index contributed by atoms with van der Waals surface area (Å²) in [5.74, 6) is -0.334. The van der Waals surface area contributed by atoms with Crippen LogP contribution in [0.5, 0.6) is 0 Å². The van der Waals surface area contributed by atoms with Crippen molar-refractivity contribution in [2.24, 2.45) is 0 Å². The van der Waals surface area contributed by atoms with Crippen LogP contribution in [0.4, 0.5) is 0 Å². The molecule has 82 valence electrons. The Hall–Kier alpha value is -0.830. The fourth-order valence-electron chi connectivity index (χ4n) is 0.995. The lowest BCUT2D eigenvalue weighted by molar-refractivity contribution is -0.889. The van der Waals surface area contributed by atoms with Crippen molar-refractivity contribution in [2.75, 3.05) is 27.2 Å². The number of ether oxygens (including phenoxy) is 1. The smallest absolute Gasteiger partial charge is 0.330 e. The molecule has 0 aliphatic carbocycles. The molecular weight excluding hydrogens is 178 g/mol. The van der Waals surface area contributed by atoms with E-state index < -0.39 is 0 Å². The second kappa shape index (κ2) is 5.81. The molecule has 0 bridgehead atoms. The van der Waals surface area contributed by atoms with Gasteiger partial charge in [-0.2, -0.15) is 0 Å². The van der Waals surface area contributed by atoms with Crippen molar-refractivity contribution in [2.45, 2.75) is 26.4 Å². The Morgan fingerprint density at radius 1 is 1.57 bits per heavy atom. The molecule has 0 saturated heterocycles. The predicted octanol–water partition coefficient (Wildman–Crippen LogP) is 1.59. The van der Waals surface area contributed by atoms with Crippen molar-refractivity contribution in [1.29, 1.82) is 0 Å². The minimum Gasteiger partial charge on any atom is -0.459 e. The van der Waals surface area contributed by atoms with Gasteiger partial charge in [0, 0.05) is 12.5 Å². The van der Waals surface area contributed by atoms with Gasteiger partial charge in [0.05, 0.1) is 27.2 Å². The van der Waals surface area contributed by atoms with E-state index in [-0.39, 0.29) is 12.1 Å². The third-order valence-corrected chi connectivity index (χ3v) is 2.48. The largest absolute Gasteiger partial charge is 0.459 e. The van der Waals surface area contributed by atoms with E-state index in [9.17, 15) is 4.79 Å². The molecule has 14 heavy (non-hydrogen) atoms. The molecule has 0 fully saturated rings. The van der Waals surface area contributed by atoms with E-state index >= 15 is 0 Å². The molecule has 0 aromatic carbocycles. The van der Waals surface area contributed by atoms with Crippen molar-refractivity contribution >= 4 is 5.97 Å². The maximum absolute atomic E-state index is 10.9. The lowest BCUT2D eigenvalue weighted by atomic mass is 10.2. The number of carbonyl (C=O) groups is 1. The molecule has 0 amide bonds. The molecule has 3 nitrogen and oxygen atoms in total.